The van der Waals surface area contributed by atoms with Gasteiger partial charge in [0.25, 0.3) is 0 Å². The van der Waals surface area contributed by atoms with Gasteiger partial charge in [0.1, 0.15) is 0 Å². The zero-order valence-electron chi connectivity index (χ0n) is 11.1. The van der Waals surface area contributed by atoms with Gasteiger partial charge in [-0.1, -0.05) is 67.6 Å². The van der Waals surface area contributed by atoms with E-state index in [0.29, 0.717) is 6.04 Å². The first-order valence-corrected chi connectivity index (χ1v) is 6.67. The predicted molar refractivity (Wildman–Crippen MR) is 77.6 cm³/mol. The molecule has 2 aromatic carbocycles. The first-order chi connectivity index (χ1) is 8.81. The van der Waals surface area contributed by atoms with Crippen molar-refractivity contribution in [3.05, 3.63) is 71.8 Å². The largest absolute Gasteiger partial charge is 0.304 e. The Morgan fingerprint density at radius 2 is 1.28 bits per heavy atom. The Balaban J connectivity index is 2.29. The fourth-order valence-electron chi connectivity index (χ4n) is 2.08. The molecule has 0 aliphatic heterocycles. The maximum absolute atomic E-state index is 3.70. The molecule has 0 radical (unpaired) electrons. The second kappa shape index (κ2) is 6.36. The summed E-state index contributed by atoms with van der Waals surface area (Å²) in [4.78, 5) is 0. The van der Waals surface area contributed by atoms with Gasteiger partial charge in [-0.05, 0) is 24.5 Å². The van der Waals surface area contributed by atoms with E-state index in [1.54, 1.807) is 0 Å². The van der Waals surface area contributed by atoms with Crippen molar-refractivity contribution >= 4 is 0 Å². The summed E-state index contributed by atoms with van der Waals surface area (Å²) in [5, 5.41) is 3.70. The van der Waals surface area contributed by atoms with Crippen molar-refractivity contribution < 1.29 is 0 Å². The summed E-state index contributed by atoms with van der Waals surface area (Å²) in [6.07, 6.45) is 1.14. The lowest BCUT2D eigenvalue weighted by molar-refractivity contribution is 0.487. The molecule has 0 spiro atoms. The molecule has 1 nitrogen and oxygen atoms in total. The molecule has 0 amide bonds. The van der Waals surface area contributed by atoms with E-state index in [9.17, 15) is 0 Å². The first-order valence-electron chi connectivity index (χ1n) is 6.67. The van der Waals surface area contributed by atoms with Crippen LogP contribution in [0.15, 0.2) is 60.7 Å². The van der Waals surface area contributed by atoms with Crippen molar-refractivity contribution in [1.82, 2.24) is 5.32 Å². The third-order valence-electron chi connectivity index (χ3n) is 3.33. The maximum atomic E-state index is 3.70. The van der Waals surface area contributed by atoms with E-state index in [0.717, 1.165) is 6.42 Å². The third kappa shape index (κ3) is 3.21. The summed E-state index contributed by atoms with van der Waals surface area (Å²) >= 11 is 0. The highest BCUT2D eigenvalue weighted by Crippen LogP contribution is 2.22. The zero-order valence-corrected chi connectivity index (χ0v) is 11.1. The van der Waals surface area contributed by atoms with Gasteiger partial charge >= 0.3 is 0 Å². The van der Waals surface area contributed by atoms with Crippen LogP contribution in [0.2, 0.25) is 0 Å². The quantitative estimate of drug-likeness (QED) is 0.826. The molecule has 0 saturated heterocycles. The van der Waals surface area contributed by atoms with E-state index in [2.05, 4.69) is 79.8 Å². The number of hydrogen-bond donors (Lipinski definition) is 1. The molecule has 2 aromatic rings. The van der Waals surface area contributed by atoms with E-state index in [1.165, 1.54) is 11.1 Å². The van der Waals surface area contributed by atoms with E-state index in [-0.39, 0.29) is 6.04 Å². The molecule has 0 heterocycles. The molecule has 0 bridgehead atoms. The van der Waals surface area contributed by atoms with Gasteiger partial charge in [0.15, 0.2) is 0 Å². The average molecular weight is 239 g/mol. The lowest BCUT2D eigenvalue weighted by Crippen LogP contribution is -2.30. The highest BCUT2D eigenvalue weighted by molar-refractivity contribution is 5.31. The second-order valence-electron chi connectivity index (χ2n) is 4.73. The molecule has 1 heteroatoms. The molecule has 0 fully saturated rings. The number of benzene rings is 2. The van der Waals surface area contributed by atoms with Crippen molar-refractivity contribution in [2.75, 3.05) is 0 Å². The van der Waals surface area contributed by atoms with Crippen LogP contribution in [-0.2, 0) is 0 Å². The first kappa shape index (κ1) is 12.8. The molecule has 1 N–H and O–H groups in total. The Kier molecular flexibility index (Phi) is 4.54. The predicted octanol–water partition coefficient (Wildman–Crippen LogP) is 4.16. The van der Waals surface area contributed by atoms with Gasteiger partial charge in [-0.15, -0.1) is 0 Å². The smallest absolute Gasteiger partial charge is 0.0578 e. The lowest BCUT2D eigenvalue weighted by Gasteiger charge is -2.23. The van der Waals surface area contributed by atoms with Gasteiger partial charge < -0.3 is 5.32 Å². The minimum Gasteiger partial charge on any atom is -0.304 e. The Bertz CT molecular complexity index is 410. The fraction of sp³-hybridized carbons (Fsp3) is 0.294. The topological polar surface area (TPSA) is 12.0 Å². The van der Waals surface area contributed by atoms with Gasteiger partial charge in [-0.3, -0.25) is 0 Å². The molecule has 1 unspecified atom stereocenters. The SMILES string of the molecule is CCC(C)NC(c1ccccc1)c1ccccc1. The molecule has 2 rings (SSSR count). The Morgan fingerprint density at radius 1 is 0.833 bits per heavy atom. The van der Waals surface area contributed by atoms with Gasteiger partial charge in [-0.2, -0.15) is 0 Å². The van der Waals surface area contributed by atoms with Crippen LogP contribution in [0.25, 0.3) is 0 Å². The number of nitrogens with one attached hydrogen (secondary N) is 1. The maximum Gasteiger partial charge on any atom is 0.0578 e. The molecular weight excluding hydrogens is 218 g/mol. The van der Waals surface area contributed by atoms with Gasteiger partial charge in [0.2, 0.25) is 0 Å². The summed E-state index contributed by atoms with van der Waals surface area (Å²) in [5.74, 6) is 0. The monoisotopic (exact) mass is 239 g/mol. The highest BCUT2D eigenvalue weighted by atomic mass is 14.9. The summed E-state index contributed by atoms with van der Waals surface area (Å²) in [6, 6.07) is 22.1. The van der Waals surface area contributed by atoms with Gasteiger partial charge in [0, 0.05) is 6.04 Å². The van der Waals surface area contributed by atoms with Crippen LogP contribution in [0.4, 0.5) is 0 Å². The molecule has 18 heavy (non-hydrogen) atoms. The Labute approximate surface area is 110 Å². The van der Waals surface area contributed by atoms with Crippen molar-refractivity contribution in [2.45, 2.75) is 32.4 Å². The summed E-state index contributed by atoms with van der Waals surface area (Å²) in [5.41, 5.74) is 2.65. The minimum absolute atomic E-state index is 0.280. The minimum atomic E-state index is 0.280. The highest BCUT2D eigenvalue weighted by Gasteiger charge is 2.14. The molecule has 0 aliphatic carbocycles. The van der Waals surface area contributed by atoms with Crippen LogP contribution in [0.1, 0.15) is 37.4 Å². The van der Waals surface area contributed by atoms with Crippen molar-refractivity contribution in [2.24, 2.45) is 0 Å². The Morgan fingerprint density at radius 3 is 1.67 bits per heavy atom. The van der Waals surface area contributed by atoms with Crippen LogP contribution in [0.3, 0.4) is 0 Å². The van der Waals surface area contributed by atoms with Crippen molar-refractivity contribution in [3.63, 3.8) is 0 Å². The second-order valence-corrected chi connectivity index (χ2v) is 4.73. The van der Waals surface area contributed by atoms with Crippen LogP contribution >= 0.6 is 0 Å². The van der Waals surface area contributed by atoms with Crippen LogP contribution < -0.4 is 5.32 Å². The van der Waals surface area contributed by atoms with Crippen molar-refractivity contribution in [1.29, 1.82) is 0 Å². The molecule has 1 atom stereocenters. The van der Waals surface area contributed by atoms with E-state index < -0.39 is 0 Å². The van der Waals surface area contributed by atoms with E-state index >= 15 is 0 Å². The number of rotatable bonds is 5. The van der Waals surface area contributed by atoms with Crippen molar-refractivity contribution in [3.8, 4) is 0 Å². The fourth-order valence-corrected chi connectivity index (χ4v) is 2.08. The van der Waals surface area contributed by atoms with Crippen LogP contribution in [0.5, 0.6) is 0 Å². The van der Waals surface area contributed by atoms with Crippen LogP contribution in [0, 0.1) is 0 Å². The van der Waals surface area contributed by atoms with Crippen LogP contribution in [-0.4, -0.2) is 6.04 Å². The normalized spacial score (nSPS) is 12.6. The summed E-state index contributed by atoms with van der Waals surface area (Å²) < 4.78 is 0. The summed E-state index contributed by atoms with van der Waals surface area (Å²) in [6.45, 7) is 4.45. The molecular formula is C17H21N. The van der Waals surface area contributed by atoms with Gasteiger partial charge in [-0.25, -0.2) is 0 Å². The van der Waals surface area contributed by atoms with Gasteiger partial charge in [0.05, 0.1) is 6.04 Å². The standard InChI is InChI=1S/C17H21N/c1-3-14(2)18-17(15-10-6-4-7-11-15)16-12-8-5-9-13-16/h4-14,17-18H,3H2,1-2H3. The molecule has 0 aliphatic rings. The molecule has 94 valence electrons. The molecule has 0 saturated carbocycles. The Hall–Kier alpha value is -1.60. The molecule has 0 aromatic heterocycles. The zero-order chi connectivity index (χ0) is 12.8. The average Bonchev–Trinajstić information content (AvgIpc) is 2.46. The number of hydrogen-bond acceptors (Lipinski definition) is 1. The third-order valence-corrected chi connectivity index (χ3v) is 3.33. The summed E-state index contributed by atoms with van der Waals surface area (Å²) in [7, 11) is 0. The van der Waals surface area contributed by atoms with E-state index in [1.807, 2.05) is 0 Å². The lowest BCUT2D eigenvalue weighted by atomic mass is 9.98. The van der Waals surface area contributed by atoms with E-state index in [4.69, 9.17) is 0 Å².